The predicted molar refractivity (Wildman–Crippen MR) is 85.0 cm³/mol. The lowest BCUT2D eigenvalue weighted by Gasteiger charge is -2.26. The highest BCUT2D eigenvalue weighted by Crippen LogP contribution is 2.22. The molecule has 1 rings (SSSR count). The van der Waals surface area contributed by atoms with E-state index in [1.54, 1.807) is 0 Å². The molecule has 1 heterocycles. The minimum Gasteiger partial charge on any atom is -0.480 e. The summed E-state index contributed by atoms with van der Waals surface area (Å²) in [7, 11) is -3.52. The van der Waals surface area contributed by atoms with E-state index in [1.807, 2.05) is 6.26 Å². The Kier molecular flexibility index (Phi) is 7.31. The zero-order chi connectivity index (χ0) is 16.0. The summed E-state index contributed by atoms with van der Waals surface area (Å²) in [5, 5.41) is 9.12. The van der Waals surface area contributed by atoms with Crippen molar-refractivity contribution < 1.29 is 23.1 Å². The average molecular weight is 356 g/mol. The third-order valence-electron chi connectivity index (χ3n) is 3.06. The van der Waals surface area contributed by atoms with E-state index in [0.717, 1.165) is 0 Å². The van der Waals surface area contributed by atoms with Crippen LogP contribution in [0.25, 0.3) is 0 Å². The van der Waals surface area contributed by atoms with Crippen molar-refractivity contribution in [2.75, 3.05) is 29.4 Å². The van der Waals surface area contributed by atoms with Crippen LogP contribution in [-0.2, 0) is 19.6 Å². The van der Waals surface area contributed by atoms with E-state index in [0.29, 0.717) is 17.9 Å². The molecule has 10 heteroatoms. The maximum Gasteiger partial charge on any atom is 0.327 e. The Hall–Kier alpha value is -0.450. The van der Waals surface area contributed by atoms with Crippen LogP contribution in [0.3, 0.4) is 0 Å². The first-order valence-corrected chi connectivity index (χ1v) is 10.6. The Morgan fingerprint density at radius 1 is 1.52 bits per heavy atom. The molecule has 2 atom stereocenters. The van der Waals surface area contributed by atoms with E-state index in [4.69, 9.17) is 5.11 Å². The zero-order valence-corrected chi connectivity index (χ0v) is 14.4. The van der Waals surface area contributed by atoms with E-state index in [2.05, 4.69) is 4.72 Å². The highest BCUT2D eigenvalue weighted by molar-refractivity contribution is 7.99. The van der Waals surface area contributed by atoms with E-state index < -0.39 is 34.0 Å². The molecular formula is C11H20N2O5S3. The summed E-state index contributed by atoms with van der Waals surface area (Å²) in [5.41, 5.74) is 0. The van der Waals surface area contributed by atoms with Crippen molar-refractivity contribution in [3.05, 3.63) is 0 Å². The molecule has 1 aliphatic rings. The van der Waals surface area contributed by atoms with Gasteiger partial charge in [-0.15, -0.1) is 11.8 Å². The van der Waals surface area contributed by atoms with Gasteiger partial charge in [-0.3, -0.25) is 4.79 Å². The molecule has 1 saturated heterocycles. The number of hydrogen-bond donors (Lipinski definition) is 2. The van der Waals surface area contributed by atoms with Crippen LogP contribution >= 0.6 is 23.5 Å². The van der Waals surface area contributed by atoms with E-state index >= 15 is 0 Å². The summed E-state index contributed by atoms with van der Waals surface area (Å²) in [6.45, 7) is 1.49. The second-order valence-corrected chi connectivity index (χ2v) is 8.55. The number of aliphatic carboxylic acids is 1. The molecule has 0 spiro atoms. The Bertz CT molecular complexity index is 482. The smallest absolute Gasteiger partial charge is 0.327 e. The molecule has 1 aliphatic heterocycles. The zero-order valence-electron chi connectivity index (χ0n) is 11.9. The number of sulfonamides is 1. The third kappa shape index (κ3) is 5.35. The first kappa shape index (κ1) is 18.6. The number of carbonyl (C=O) groups is 2. The predicted octanol–water partition coefficient (Wildman–Crippen LogP) is 0.0335. The van der Waals surface area contributed by atoms with Gasteiger partial charge in [-0.2, -0.15) is 11.8 Å². The number of carbonyl (C=O) groups excluding carboxylic acids is 1. The third-order valence-corrected chi connectivity index (χ3v) is 6.12. The summed E-state index contributed by atoms with van der Waals surface area (Å²) in [6.07, 6.45) is 2.20. The number of carboxylic acids is 1. The van der Waals surface area contributed by atoms with Gasteiger partial charge in [0.2, 0.25) is 15.9 Å². The Labute approximate surface area is 133 Å². The van der Waals surface area contributed by atoms with E-state index in [1.165, 1.54) is 35.3 Å². The molecule has 1 unspecified atom stereocenters. The highest BCUT2D eigenvalue weighted by Gasteiger charge is 2.38. The molecule has 1 amide bonds. The molecule has 0 aliphatic carbocycles. The Morgan fingerprint density at radius 2 is 2.19 bits per heavy atom. The van der Waals surface area contributed by atoms with Crippen LogP contribution in [0.4, 0.5) is 0 Å². The van der Waals surface area contributed by atoms with Gasteiger partial charge in [0.1, 0.15) is 12.1 Å². The van der Waals surface area contributed by atoms with Crippen LogP contribution in [0.2, 0.25) is 0 Å². The fourth-order valence-corrected chi connectivity index (χ4v) is 4.28. The maximum atomic E-state index is 12.5. The van der Waals surface area contributed by atoms with Crippen LogP contribution in [-0.4, -0.2) is 71.8 Å². The average Bonchev–Trinajstić information content (AvgIpc) is 2.92. The van der Waals surface area contributed by atoms with Crippen molar-refractivity contribution in [2.45, 2.75) is 25.4 Å². The number of nitrogens with zero attached hydrogens (tertiary/aromatic N) is 1. The number of nitrogens with one attached hydrogen (secondary N) is 1. The monoisotopic (exact) mass is 356 g/mol. The van der Waals surface area contributed by atoms with Gasteiger partial charge in [0.25, 0.3) is 0 Å². The van der Waals surface area contributed by atoms with E-state index in [-0.39, 0.29) is 11.6 Å². The van der Waals surface area contributed by atoms with Gasteiger partial charge in [-0.25, -0.2) is 17.9 Å². The first-order chi connectivity index (χ1) is 9.82. The minimum absolute atomic E-state index is 0.118. The molecule has 1 fully saturated rings. The molecule has 0 saturated carbocycles. The maximum absolute atomic E-state index is 12.5. The summed E-state index contributed by atoms with van der Waals surface area (Å²) < 4.78 is 25.8. The lowest BCUT2D eigenvalue weighted by molar-refractivity contribution is -0.148. The lowest BCUT2D eigenvalue weighted by atomic mass is 10.2. The second-order valence-electron chi connectivity index (χ2n) is 4.52. The number of thioether (sulfide) groups is 2. The van der Waals surface area contributed by atoms with Gasteiger partial charge >= 0.3 is 5.97 Å². The van der Waals surface area contributed by atoms with Gasteiger partial charge in [0, 0.05) is 5.75 Å². The first-order valence-electron chi connectivity index (χ1n) is 6.42. The SMILES string of the molecule is CCS(=O)(=O)NC(CCSC)C(=O)N1CSC[C@H]1C(=O)O. The van der Waals surface area contributed by atoms with Crippen molar-refractivity contribution in [3.63, 3.8) is 0 Å². The molecule has 0 aromatic rings. The number of hydrogen-bond acceptors (Lipinski definition) is 6. The molecule has 122 valence electrons. The lowest BCUT2D eigenvalue weighted by Crippen LogP contribution is -2.52. The number of rotatable bonds is 8. The van der Waals surface area contributed by atoms with Gasteiger partial charge in [0.15, 0.2) is 0 Å². The van der Waals surface area contributed by atoms with Crippen molar-refractivity contribution >= 4 is 45.4 Å². The van der Waals surface area contributed by atoms with Crippen LogP contribution in [0.1, 0.15) is 13.3 Å². The Morgan fingerprint density at radius 3 is 2.71 bits per heavy atom. The normalized spacial score (nSPS) is 20.5. The van der Waals surface area contributed by atoms with Gasteiger partial charge in [0.05, 0.1) is 11.6 Å². The highest BCUT2D eigenvalue weighted by atomic mass is 32.2. The molecule has 0 aromatic carbocycles. The standard InChI is InChI=1S/C11H20N2O5S3/c1-3-21(17,18)12-8(4-5-19-2)10(14)13-7-20-6-9(13)11(15)16/h8-9,12H,3-7H2,1-2H3,(H,15,16)/t8?,9-/m0/s1. The fourth-order valence-electron chi connectivity index (χ4n) is 1.83. The van der Waals surface area contributed by atoms with Crippen molar-refractivity contribution in [3.8, 4) is 0 Å². The van der Waals surface area contributed by atoms with Gasteiger partial charge in [-0.05, 0) is 25.4 Å². The van der Waals surface area contributed by atoms with Crippen LogP contribution in [0.15, 0.2) is 0 Å². The van der Waals surface area contributed by atoms with Gasteiger partial charge in [-0.1, -0.05) is 0 Å². The molecule has 2 N–H and O–H groups in total. The largest absolute Gasteiger partial charge is 0.480 e. The summed E-state index contributed by atoms with van der Waals surface area (Å²) >= 11 is 2.86. The van der Waals surface area contributed by atoms with Crippen LogP contribution < -0.4 is 4.72 Å². The van der Waals surface area contributed by atoms with Gasteiger partial charge < -0.3 is 10.0 Å². The number of amides is 1. The van der Waals surface area contributed by atoms with Crippen molar-refractivity contribution in [1.29, 1.82) is 0 Å². The van der Waals surface area contributed by atoms with Crippen LogP contribution in [0.5, 0.6) is 0 Å². The molecule has 7 nitrogen and oxygen atoms in total. The molecule has 21 heavy (non-hydrogen) atoms. The summed E-state index contributed by atoms with van der Waals surface area (Å²) in [4.78, 5) is 24.9. The van der Waals surface area contributed by atoms with Crippen LogP contribution in [0, 0.1) is 0 Å². The molecule has 0 aromatic heterocycles. The van der Waals surface area contributed by atoms with Crippen molar-refractivity contribution in [1.82, 2.24) is 9.62 Å². The quantitative estimate of drug-likeness (QED) is 0.632. The second kappa shape index (κ2) is 8.25. The molecule has 0 bridgehead atoms. The molecule has 0 radical (unpaired) electrons. The fraction of sp³-hybridized carbons (Fsp3) is 0.818. The van der Waals surface area contributed by atoms with Crippen molar-refractivity contribution in [2.24, 2.45) is 0 Å². The topological polar surface area (TPSA) is 104 Å². The minimum atomic E-state index is -3.52. The van der Waals surface area contributed by atoms with E-state index in [9.17, 15) is 18.0 Å². The molecular weight excluding hydrogens is 336 g/mol. The summed E-state index contributed by atoms with van der Waals surface area (Å²) in [6, 6.07) is -1.78. The number of carboxylic acid groups (broad SMARTS) is 1. The summed E-state index contributed by atoms with van der Waals surface area (Å²) in [5.74, 6) is -0.418. The Balaban J connectivity index is 2.86.